The van der Waals surface area contributed by atoms with Gasteiger partial charge in [-0.25, -0.2) is 14.6 Å². The van der Waals surface area contributed by atoms with Crippen molar-refractivity contribution in [3.8, 4) is 23.3 Å². The predicted octanol–water partition coefficient (Wildman–Crippen LogP) is 2.57. The van der Waals surface area contributed by atoms with Crippen LogP contribution in [0.5, 0.6) is 11.5 Å². The maximum Gasteiger partial charge on any atom is 0.246 e. The van der Waals surface area contributed by atoms with Gasteiger partial charge in [0.15, 0.2) is 5.65 Å². The minimum Gasteiger partial charge on any atom is -0.497 e. The Morgan fingerprint density at radius 3 is 2.82 bits per heavy atom. The van der Waals surface area contributed by atoms with Gasteiger partial charge in [0.2, 0.25) is 5.91 Å². The number of ether oxygens (including phenoxy) is 2. The Morgan fingerprint density at radius 2 is 2.06 bits per heavy atom. The zero-order valence-electron chi connectivity index (χ0n) is 19.0. The molecule has 1 saturated heterocycles. The van der Waals surface area contributed by atoms with Gasteiger partial charge in [-0.1, -0.05) is 12.5 Å². The third-order valence-corrected chi connectivity index (χ3v) is 6.14. The Hall–Kier alpha value is -4.06. The van der Waals surface area contributed by atoms with Gasteiger partial charge in [-0.05, 0) is 49.3 Å². The molecule has 0 spiro atoms. The summed E-state index contributed by atoms with van der Waals surface area (Å²) in [5, 5.41) is 5.34. The molecule has 1 unspecified atom stereocenters. The summed E-state index contributed by atoms with van der Waals surface area (Å²) in [7, 11) is 1.62. The fourth-order valence-electron chi connectivity index (χ4n) is 4.08. The van der Waals surface area contributed by atoms with Crippen LogP contribution in [0.4, 0.5) is 5.82 Å². The Morgan fingerprint density at radius 1 is 1.24 bits per heavy atom. The predicted molar refractivity (Wildman–Crippen MR) is 127 cm³/mol. The molecule has 34 heavy (non-hydrogen) atoms. The van der Waals surface area contributed by atoms with E-state index in [0.29, 0.717) is 53.9 Å². The molecular formula is C25H26N6O3. The van der Waals surface area contributed by atoms with Gasteiger partial charge >= 0.3 is 0 Å². The van der Waals surface area contributed by atoms with Crippen LogP contribution in [0.25, 0.3) is 11.0 Å². The molecule has 9 nitrogen and oxygen atoms in total. The van der Waals surface area contributed by atoms with Crippen LogP contribution < -0.4 is 15.2 Å². The average Bonchev–Trinajstić information content (AvgIpc) is 3.42. The Kier molecular flexibility index (Phi) is 5.80. The number of nitrogens with zero attached hydrogens (tertiary/aromatic N) is 5. The maximum atomic E-state index is 12.0. The van der Waals surface area contributed by atoms with Crippen molar-refractivity contribution in [2.24, 2.45) is 5.92 Å². The molecule has 2 aromatic heterocycles. The van der Waals surface area contributed by atoms with Crippen molar-refractivity contribution in [3.63, 3.8) is 0 Å². The first-order chi connectivity index (χ1) is 16.6. The topological polar surface area (TPSA) is 108 Å². The number of anilines is 1. The van der Waals surface area contributed by atoms with Crippen molar-refractivity contribution in [1.82, 2.24) is 24.6 Å². The molecule has 9 heteroatoms. The molecule has 1 saturated carbocycles. The normalized spacial score (nSPS) is 17.3. The van der Waals surface area contributed by atoms with E-state index in [2.05, 4.69) is 28.4 Å². The lowest BCUT2D eigenvalue weighted by molar-refractivity contribution is -0.125. The smallest absolute Gasteiger partial charge is 0.246 e. The number of amides is 1. The molecule has 3 aromatic rings. The first-order valence-corrected chi connectivity index (χ1v) is 11.3. The molecular weight excluding hydrogens is 432 g/mol. The lowest BCUT2D eigenvalue weighted by Gasteiger charge is -2.14. The molecule has 2 aliphatic rings. The van der Waals surface area contributed by atoms with Crippen LogP contribution >= 0.6 is 0 Å². The van der Waals surface area contributed by atoms with E-state index in [4.69, 9.17) is 20.3 Å². The highest BCUT2D eigenvalue weighted by molar-refractivity contribution is 5.91. The number of aromatic nitrogens is 4. The van der Waals surface area contributed by atoms with Gasteiger partial charge < -0.3 is 20.1 Å². The summed E-state index contributed by atoms with van der Waals surface area (Å²) in [4.78, 5) is 22.3. The number of likely N-dealkylation sites (tertiary alicyclic amines) is 1. The van der Waals surface area contributed by atoms with Gasteiger partial charge in [0.1, 0.15) is 29.3 Å². The zero-order valence-corrected chi connectivity index (χ0v) is 19.0. The highest BCUT2D eigenvalue weighted by Crippen LogP contribution is 2.31. The number of fused-ring (bicyclic) bond motifs is 1. The maximum absolute atomic E-state index is 12.0. The standard InChI is InChI=1S/C25H26N6O3/c1-3-22(32)30-9-8-18(13-30)31-25-23(24(26)27-15-28-25)21(29-31)7-6-17-10-19(33-2)12-20(11-17)34-14-16-4-5-16/h3,10-12,15-16,18H,1,4-5,8-9,13-14H2,2H3,(H2,26,27,28). The molecule has 5 rings (SSSR count). The van der Waals surface area contributed by atoms with Crippen molar-refractivity contribution in [2.75, 3.05) is 32.5 Å². The number of nitrogen functional groups attached to an aromatic ring is 1. The lowest BCUT2D eigenvalue weighted by atomic mass is 10.2. The minimum absolute atomic E-state index is 0.0319. The number of carbonyl (C=O) groups is 1. The summed E-state index contributed by atoms with van der Waals surface area (Å²) in [6.07, 6.45) is 5.94. The number of hydrogen-bond acceptors (Lipinski definition) is 7. The summed E-state index contributed by atoms with van der Waals surface area (Å²) < 4.78 is 13.1. The third kappa shape index (κ3) is 4.39. The molecule has 1 aromatic carbocycles. The number of methoxy groups -OCH3 is 1. The fraction of sp³-hybridized carbons (Fsp3) is 0.360. The number of rotatable bonds is 6. The monoisotopic (exact) mass is 458 g/mol. The van der Waals surface area contributed by atoms with Crippen LogP contribution in [0.15, 0.2) is 37.2 Å². The highest BCUT2D eigenvalue weighted by atomic mass is 16.5. The van der Waals surface area contributed by atoms with E-state index in [1.54, 1.807) is 12.0 Å². The summed E-state index contributed by atoms with van der Waals surface area (Å²) >= 11 is 0. The average molecular weight is 459 g/mol. The molecule has 3 heterocycles. The van der Waals surface area contributed by atoms with Gasteiger partial charge in [-0.2, -0.15) is 5.10 Å². The van der Waals surface area contributed by atoms with E-state index in [0.717, 1.165) is 17.7 Å². The van der Waals surface area contributed by atoms with Gasteiger partial charge in [-0.3, -0.25) is 4.79 Å². The highest BCUT2D eigenvalue weighted by Gasteiger charge is 2.29. The molecule has 0 bridgehead atoms. The number of nitrogens with two attached hydrogens (primary N) is 1. The van der Waals surface area contributed by atoms with E-state index in [1.165, 1.54) is 25.2 Å². The number of carbonyl (C=O) groups excluding carboxylic acids is 1. The first-order valence-electron chi connectivity index (χ1n) is 11.3. The van der Waals surface area contributed by atoms with Crippen molar-refractivity contribution < 1.29 is 14.3 Å². The van der Waals surface area contributed by atoms with Gasteiger partial charge in [0.25, 0.3) is 0 Å². The SMILES string of the molecule is C=CC(=O)N1CCC(n2nc(C#Cc3cc(OC)cc(OCC4CC4)c3)c3c(N)ncnc32)C1. The minimum atomic E-state index is -0.0918. The zero-order chi connectivity index (χ0) is 23.7. The van der Waals surface area contributed by atoms with Crippen LogP contribution in [0.3, 0.4) is 0 Å². The molecule has 1 aliphatic carbocycles. The van der Waals surface area contributed by atoms with Crippen LogP contribution in [0.1, 0.15) is 36.6 Å². The van der Waals surface area contributed by atoms with Crippen LogP contribution in [0.2, 0.25) is 0 Å². The van der Waals surface area contributed by atoms with Gasteiger partial charge in [0.05, 0.1) is 25.1 Å². The molecule has 2 N–H and O–H groups in total. The van der Waals surface area contributed by atoms with E-state index < -0.39 is 0 Å². The number of hydrogen-bond donors (Lipinski definition) is 1. The molecule has 1 aliphatic heterocycles. The quantitative estimate of drug-likeness (QED) is 0.447. The fourth-order valence-corrected chi connectivity index (χ4v) is 4.08. The van der Waals surface area contributed by atoms with Crippen LogP contribution in [0, 0.1) is 17.8 Å². The number of benzene rings is 1. The lowest BCUT2D eigenvalue weighted by Crippen LogP contribution is -2.27. The van der Waals surface area contributed by atoms with E-state index in [-0.39, 0.29) is 11.9 Å². The molecule has 1 amide bonds. The van der Waals surface area contributed by atoms with Crippen molar-refractivity contribution in [2.45, 2.75) is 25.3 Å². The van der Waals surface area contributed by atoms with E-state index in [9.17, 15) is 4.79 Å². The van der Waals surface area contributed by atoms with Crippen molar-refractivity contribution in [3.05, 3.63) is 48.4 Å². The molecule has 0 radical (unpaired) electrons. The largest absolute Gasteiger partial charge is 0.497 e. The second kappa shape index (κ2) is 9.06. The molecule has 174 valence electrons. The van der Waals surface area contributed by atoms with Crippen LogP contribution in [-0.4, -0.2) is 57.4 Å². The molecule has 2 fully saturated rings. The van der Waals surface area contributed by atoms with Crippen molar-refractivity contribution >= 4 is 22.8 Å². The summed E-state index contributed by atoms with van der Waals surface area (Å²) in [5.74, 6) is 8.58. The van der Waals surface area contributed by atoms with Crippen molar-refractivity contribution in [1.29, 1.82) is 0 Å². The van der Waals surface area contributed by atoms with Crippen LogP contribution in [-0.2, 0) is 4.79 Å². The second-order valence-corrected chi connectivity index (χ2v) is 8.58. The van der Waals surface area contributed by atoms with Gasteiger partial charge in [0, 0.05) is 24.7 Å². The Labute approximate surface area is 197 Å². The van der Waals surface area contributed by atoms with Gasteiger partial charge in [-0.15, -0.1) is 0 Å². The summed E-state index contributed by atoms with van der Waals surface area (Å²) in [5.41, 5.74) is 8.03. The first kappa shape index (κ1) is 21.8. The molecule has 1 atom stereocenters. The Balaban J connectivity index is 1.48. The second-order valence-electron chi connectivity index (χ2n) is 8.58. The summed E-state index contributed by atoms with van der Waals surface area (Å²) in [6.45, 7) is 5.44. The summed E-state index contributed by atoms with van der Waals surface area (Å²) in [6, 6.07) is 5.58. The Bertz CT molecular complexity index is 1320. The van der Waals surface area contributed by atoms with E-state index in [1.807, 2.05) is 22.9 Å². The van der Waals surface area contributed by atoms with E-state index >= 15 is 0 Å². The third-order valence-electron chi connectivity index (χ3n) is 6.14.